The fourth-order valence-corrected chi connectivity index (χ4v) is 2.93. The Morgan fingerprint density at radius 1 is 1.24 bits per heavy atom. The summed E-state index contributed by atoms with van der Waals surface area (Å²) in [5.41, 5.74) is 8.79. The lowest BCUT2D eigenvalue weighted by atomic mass is 10.1. The summed E-state index contributed by atoms with van der Waals surface area (Å²) in [5, 5.41) is 4.52. The number of hydrogen-bond donors (Lipinski definition) is 1. The van der Waals surface area contributed by atoms with Crippen LogP contribution in [0.3, 0.4) is 0 Å². The molecule has 1 aromatic carbocycles. The lowest BCUT2D eigenvalue weighted by molar-refractivity contribution is 0.297. The fraction of sp³-hybridized carbons (Fsp3) is 0.471. The first-order valence-electron chi connectivity index (χ1n) is 7.82. The molecule has 1 unspecified atom stereocenters. The summed E-state index contributed by atoms with van der Waals surface area (Å²) in [5.74, 6) is 0.929. The van der Waals surface area contributed by atoms with Gasteiger partial charge in [0.1, 0.15) is 5.75 Å². The van der Waals surface area contributed by atoms with Gasteiger partial charge in [0.2, 0.25) is 0 Å². The average molecular weight is 285 g/mol. The first-order chi connectivity index (χ1) is 10.3. The van der Waals surface area contributed by atoms with Crippen LogP contribution in [-0.4, -0.2) is 16.4 Å². The van der Waals surface area contributed by atoms with E-state index in [1.165, 1.54) is 24.1 Å². The van der Waals surface area contributed by atoms with Crippen molar-refractivity contribution in [3.05, 3.63) is 47.8 Å². The summed E-state index contributed by atoms with van der Waals surface area (Å²) < 4.78 is 7.85. The van der Waals surface area contributed by atoms with E-state index in [0.717, 1.165) is 31.6 Å². The Morgan fingerprint density at radius 2 is 2.10 bits per heavy atom. The van der Waals surface area contributed by atoms with Crippen LogP contribution in [0.15, 0.2) is 36.5 Å². The van der Waals surface area contributed by atoms with Crippen LogP contribution in [0, 0.1) is 0 Å². The smallest absolute Gasteiger partial charge is 0.119 e. The minimum Gasteiger partial charge on any atom is -0.494 e. The third-order valence-corrected chi connectivity index (χ3v) is 4.09. The van der Waals surface area contributed by atoms with E-state index in [4.69, 9.17) is 10.5 Å². The van der Waals surface area contributed by atoms with Crippen molar-refractivity contribution in [2.45, 2.75) is 44.7 Å². The molecule has 0 saturated heterocycles. The summed E-state index contributed by atoms with van der Waals surface area (Å²) in [7, 11) is 0. The van der Waals surface area contributed by atoms with Crippen molar-refractivity contribution in [1.29, 1.82) is 0 Å². The number of fused-ring (bicyclic) bond motifs is 1. The lowest BCUT2D eigenvalue weighted by Crippen LogP contribution is -2.12. The predicted octanol–water partition coefficient (Wildman–Crippen LogP) is 3.08. The van der Waals surface area contributed by atoms with Gasteiger partial charge in [0.05, 0.1) is 12.8 Å². The zero-order valence-corrected chi connectivity index (χ0v) is 12.4. The van der Waals surface area contributed by atoms with Gasteiger partial charge in [-0.15, -0.1) is 0 Å². The average Bonchev–Trinajstić information content (AvgIpc) is 2.83. The molecule has 3 rings (SSSR count). The summed E-state index contributed by atoms with van der Waals surface area (Å²) in [6, 6.07) is 10.1. The van der Waals surface area contributed by atoms with E-state index in [1.54, 1.807) is 0 Å². The van der Waals surface area contributed by atoms with Crippen molar-refractivity contribution in [2.75, 3.05) is 6.61 Å². The Balaban J connectivity index is 1.54. The minimum atomic E-state index is 0.164. The highest BCUT2D eigenvalue weighted by Crippen LogP contribution is 2.26. The van der Waals surface area contributed by atoms with E-state index in [-0.39, 0.29) is 6.04 Å². The van der Waals surface area contributed by atoms with Gasteiger partial charge in [0.15, 0.2) is 0 Å². The molecule has 0 bridgehead atoms. The van der Waals surface area contributed by atoms with Crippen LogP contribution >= 0.6 is 0 Å². The Hall–Kier alpha value is -1.81. The summed E-state index contributed by atoms with van der Waals surface area (Å²) >= 11 is 0. The van der Waals surface area contributed by atoms with Crippen LogP contribution in [0.1, 0.15) is 43.0 Å². The van der Waals surface area contributed by atoms with E-state index < -0.39 is 0 Å². The van der Waals surface area contributed by atoms with E-state index >= 15 is 0 Å². The molecular weight excluding hydrogens is 262 g/mol. The third-order valence-electron chi connectivity index (χ3n) is 4.09. The van der Waals surface area contributed by atoms with Gasteiger partial charge in [-0.1, -0.05) is 24.6 Å². The molecule has 0 amide bonds. The van der Waals surface area contributed by atoms with Gasteiger partial charge in [-0.25, -0.2) is 0 Å². The molecule has 0 saturated carbocycles. The maximum Gasteiger partial charge on any atom is 0.119 e. The second kappa shape index (κ2) is 6.76. The maximum absolute atomic E-state index is 6.21. The van der Waals surface area contributed by atoms with Crippen molar-refractivity contribution >= 4 is 0 Å². The number of aromatic nitrogens is 2. The quantitative estimate of drug-likeness (QED) is 0.678. The molecule has 1 aromatic heterocycles. The van der Waals surface area contributed by atoms with Crippen molar-refractivity contribution in [1.82, 2.24) is 9.78 Å². The summed E-state index contributed by atoms with van der Waals surface area (Å²) in [6.07, 6.45) is 7.53. The molecule has 2 aromatic rings. The van der Waals surface area contributed by atoms with Gasteiger partial charge in [0, 0.05) is 30.3 Å². The number of nitrogens with two attached hydrogens (primary N) is 1. The van der Waals surface area contributed by atoms with Crippen LogP contribution < -0.4 is 10.5 Å². The predicted molar refractivity (Wildman–Crippen MR) is 83.3 cm³/mol. The molecule has 1 aliphatic rings. The van der Waals surface area contributed by atoms with E-state index in [9.17, 15) is 0 Å². The second-order valence-corrected chi connectivity index (χ2v) is 5.64. The third kappa shape index (κ3) is 3.45. The number of aryl methyl sites for hydroxylation is 1. The molecular formula is C17H23N3O. The number of ether oxygens (including phenoxy) is 1. The summed E-state index contributed by atoms with van der Waals surface area (Å²) in [6.45, 7) is 1.61. The normalized spacial score (nSPS) is 18.0. The highest BCUT2D eigenvalue weighted by molar-refractivity contribution is 5.23. The van der Waals surface area contributed by atoms with Crippen molar-refractivity contribution in [3.8, 4) is 5.75 Å². The topological polar surface area (TPSA) is 53.1 Å². The largest absolute Gasteiger partial charge is 0.494 e. The number of benzene rings is 1. The van der Waals surface area contributed by atoms with Gasteiger partial charge in [0.25, 0.3) is 0 Å². The number of rotatable bonds is 5. The first kappa shape index (κ1) is 14.1. The monoisotopic (exact) mass is 285 g/mol. The Morgan fingerprint density at radius 3 is 2.95 bits per heavy atom. The molecule has 4 heteroatoms. The lowest BCUT2D eigenvalue weighted by Gasteiger charge is -2.10. The number of nitrogens with zero attached hydrogens (tertiary/aromatic N) is 2. The molecule has 0 radical (unpaired) electrons. The number of para-hydroxylation sites is 1. The molecule has 21 heavy (non-hydrogen) atoms. The molecule has 4 nitrogen and oxygen atoms in total. The Kier molecular flexibility index (Phi) is 4.55. The molecule has 112 valence electrons. The minimum absolute atomic E-state index is 0.164. The maximum atomic E-state index is 6.21. The van der Waals surface area contributed by atoms with Crippen molar-refractivity contribution in [2.24, 2.45) is 5.73 Å². The van der Waals surface area contributed by atoms with Gasteiger partial charge < -0.3 is 10.5 Å². The number of hydrogen-bond acceptors (Lipinski definition) is 3. The van der Waals surface area contributed by atoms with Crippen LogP contribution in [0.4, 0.5) is 0 Å². The van der Waals surface area contributed by atoms with E-state index in [2.05, 4.69) is 9.78 Å². The van der Waals surface area contributed by atoms with Crippen LogP contribution in [0.2, 0.25) is 0 Å². The van der Waals surface area contributed by atoms with Crippen molar-refractivity contribution in [3.63, 3.8) is 0 Å². The Labute approximate surface area is 125 Å². The van der Waals surface area contributed by atoms with Crippen LogP contribution in [0.5, 0.6) is 5.75 Å². The fourth-order valence-electron chi connectivity index (χ4n) is 2.93. The van der Waals surface area contributed by atoms with Gasteiger partial charge in [-0.05, 0) is 31.4 Å². The van der Waals surface area contributed by atoms with Gasteiger partial charge >= 0.3 is 0 Å². The molecule has 1 atom stereocenters. The van der Waals surface area contributed by atoms with E-state index in [1.807, 2.05) is 36.5 Å². The van der Waals surface area contributed by atoms with Gasteiger partial charge in [-0.2, -0.15) is 5.10 Å². The van der Waals surface area contributed by atoms with Gasteiger partial charge in [-0.3, -0.25) is 4.68 Å². The van der Waals surface area contributed by atoms with Crippen molar-refractivity contribution < 1.29 is 4.74 Å². The summed E-state index contributed by atoms with van der Waals surface area (Å²) in [4.78, 5) is 0. The SMILES string of the molecule is NC1CCCCc2c1cnn2CCCOc1ccccc1. The van der Waals surface area contributed by atoms with Crippen LogP contribution in [-0.2, 0) is 13.0 Å². The highest BCUT2D eigenvalue weighted by atomic mass is 16.5. The zero-order chi connectivity index (χ0) is 14.5. The molecule has 2 N–H and O–H groups in total. The molecule has 0 fully saturated rings. The molecule has 0 spiro atoms. The van der Waals surface area contributed by atoms with E-state index in [0.29, 0.717) is 6.61 Å². The highest BCUT2D eigenvalue weighted by Gasteiger charge is 2.19. The first-order valence-corrected chi connectivity index (χ1v) is 7.82. The molecule has 1 aliphatic carbocycles. The standard InChI is InChI=1S/C17H23N3O/c18-16-9-4-5-10-17-15(16)13-19-20(17)11-6-12-21-14-7-2-1-3-8-14/h1-3,7-8,13,16H,4-6,9-12,18H2. The molecule has 0 aliphatic heterocycles. The molecule has 1 heterocycles. The Bertz CT molecular complexity index is 565. The zero-order valence-electron chi connectivity index (χ0n) is 12.4. The second-order valence-electron chi connectivity index (χ2n) is 5.64. The van der Waals surface area contributed by atoms with Crippen LogP contribution in [0.25, 0.3) is 0 Å².